The van der Waals surface area contributed by atoms with E-state index in [-0.39, 0.29) is 18.1 Å². The molecule has 0 aliphatic carbocycles. The number of rotatable bonds is 4. The van der Waals surface area contributed by atoms with Crippen molar-refractivity contribution in [1.29, 1.82) is 0 Å². The minimum absolute atomic E-state index is 0.115. The monoisotopic (exact) mass is 370 g/mol. The minimum Gasteiger partial charge on any atom is -0.322 e. The van der Waals surface area contributed by atoms with Crippen molar-refractivity contribution in [2.45, 2.75) is 38.3 Å². The number of nitrogens with zero attached hydrogens (tertiary/aromatic N) is 3. The molecule has 1 aliphatic heterocycles. The topological polar surface area (TPSA) is 64.1 Å². The van der Waals surface area contributed by atoms with Gasteiger partial charge in [0, 0.05) is 19.1 Å². The number of hydrogen-bond acceptors (Lipinski definition) is 4. The molecule has 8 heteroatoms. The molecule has 3 rings (SSSR count). The Morgan fingerprint density at radius 3 is 2.64 bits per heavy atom. The van der Waals surface area contributed by atoms with Crippen LogP contribution in [0.3, 0.4) is 0 Å². The van der Waals surface area contributed by atoms with Crippen molar-refractivity contribution in [2.75, 3.05) is 19.6 Å². The maximum atomic E-state index is 13.1. The van der Waals surface area contributed by atoms with Gasteiger partial charge in [0.2, 0.25) is 0 Å². The van der Waals surface area contributed by atoms with Crippen LogP contribution in [0.2, 0.25) is 5.02 Å². The van der Waals surface area contributed by atoms with Crippen LogP contribution in [0.25, 0.3) is 10.9 Å². The van der Waals surface area contributed by atoms with Gasteiger partial charge in [-0.2, -0.15) is 0 Å². The van der Waals surface area contributed by atoms with Crippen molar-refractivity contribution in [3.63, 3.8) is 0 Å². The minimum atomic E-state index is -2.35. The Bertz CT molecular complexity index is 816. The third kappa shape index (κ3) is 3.68. The van der Waals surface area contributed by atoms with Crippen LogP contribution in [0.5, 0.6) is 0 Å². The summed E-state index contributed by atoms with van der Waals surface area (Å²) < 4.78 is 26.7. The molecule has 0 saturated carbocycles. The van der Waals surface area contributed by atoms with Crippen LogP contribution in [-0.2, 0) is 0 Å². The molecule has 0 amide bonds. The fraction of sp³-hybridized carbons (Fsp3) is 0.529. The summed E-state index contributed by atoms with van der Waals surface area (Å²) in [4.78, 5) is 19.4. The van der Waals surface area contributed by atoms with Gasteiger partial charge in [-0.25, -0.2) is 13.8 Å². The number of fused-ring (bicyclic) bond motifs is 1. The van der Waals surface area contributed by atoms with E-state index in [1.54, 1.807) is 34.6 Å². The fourth-order valence-electron chi connectivity index (χ4n) is 3.45. The molecule has 2 heterocycles. The van der Waals surface area contributed by atoms with Gasteiger partial charge in [0.25, 0.3) is 12.0 Å². The smallest absolute Gasteiger partial charge is 0.263 e. The van der Waals surface area contributed by atoms with Crippen molar-refractivity contribution in [3.05, 3.63) is 39.4 Å². The van der Waals surface area contributed by atoms with Crippen molar-refractivity contribution in [1.82, 2.24) is 14.5 Å². The summed E-state index contributed by atoms with van der Waals surface area (Å²) in [7, 11) is 0. The average Bonchev–Trinajstić information content (AvgIpc) is 2.55. The normalized spacial score (nSPS) is 18.2. The second-order valence-corrected chi connectivity index (χ2v) is 6.90. The predicted octanol–water partition coefficient (Wildman–Crippen LogP) is 2.97. The second-order valence-electron chi connectivity index (χ2n) is 6.49. The molecule has 1 aliphatic rings. The summed E-state index contributed by atoms with van der Waals surface area (Å²) in [6, 6.07) is 4.61. The summed E-state index contributed by atoms with van der Waals surface area (Å²) in [6.45, 7) is 2.57. The highest BCUT2D eigenvalue weighted by Crippen LogP contribution is 2.27. The van der Waals surface area contributed by atoms with Crippen molar-refractivity contribution in [3.8, 4) is 0 Å². The summed E-state index contributed by atoms with van der Waals surface area (Å²) >= 11 is 6.21. The van der Waals surface area contributed by atoms with E-state index < -0.39 is 12.5 Å². The molecule has 2 N–H and O–H groups in total. The van der Waals surface area contributed by atoms with Gasteiger partial charge >= 0.3 is 0 Å². The Kier molecular flexibility index (Phi) is 5.36. The molecule has 0 bridgehead atoms. The highest BCUT2D eigenvalue weighted by Gasteiger charge is 2.27. The first-order valence-electron chi connectivity index (χ1n) is 8.35. The zero-order valence-electron chi connectivity index (χ0n) is 14.0. The summed E-state index contributed by atoms with van der Waals surface area (Å²) in [5.74, 6) is 0.507. The van der Waals surface area contributed by atoms with Crippen LogP contribution in [0.1, 0.15) is 37.7 Å². The fourth-order valence-corrected chi connectivity index (χ4v) is 3.70. The number of piperidine rings is 1. The van der Waals surface area contributed by atoms with Gasteiger partial charge in [0.15, 0.2) is 0 Å². The van der Waals surface area contributed by atoms with Crippen LogP contribution in [0.4, 0.5) is 8.78 Å². The van der Waals surface area contributed by atoms with E-state index in [2.05, 4.69) is 4.98 Å². The van der Waals surface area contributed by atoms with Crippen LogP contribution in [-0.4, -0.2) is 40.5 Å². The highest BCUT2D eigenvalue weighted by atomic mass is 35.5. The van der Waals surface area contributed by atoms with Crippen LogP contribution in [0, 0.1) is 0 Å². The Balaban J connectivity index is 2.01. The van der Waals surface area contributed by atoms with Crippen LogP contribution < -0.4 is 11.3 Å². The predicted molar refractivity (Wildman–Crippen MR) is 94.3 cm³/mol. The zero-order chi connectivity index (χ0) is 18.1. The third-order valence-electron chi connectivity index (χ3n) is 4.63. The molecule has 1 aromatic heterocycles. The molecular weight excluding hydrogens is 350 g/mol. The Morgan fingerprint density at radius 2 is 2.04 bits per heavy atom. The molecule has 0 radical (unpaired) electrons. The first-order valence-corrected chi connectivity index (χ1v) is 8.73. The van der Waals surface area contributed by atoms with E-state index in [0.29, 0.717) is 47.7 Å². The van der Waals surface area contributed by atoms with Crippen LogP contribution in [0.15, 0.2) is 23.0 Å². The maximum absolute atomic E-state index is 13.1. The van der Waals surface area contributed by atoms with Gasteiger partial charge in [0.1, 0.15) is 5.82 Å². The average molecular weight is 371 g/mol. The molecule has 25 heavy (non-hydrogen) atoms. The van der Waals surface area contributed by atoms with Crippen molar-refractivity contribution >= 4 is 22.5 Å². The van der Waals surface area contributed by atoms with E-state index in [1.807, 2.05) is 0 Å². The lowest BCUT2D eigenvalue weighted by Gasteiger charge is -2.34. The van der Waals surface area contributed by atoms with E-state index in [1.165, 1.54) is 0 Å². The Hall–Kier alpha value is -1.57. The van der Waals surface area contributed by atoms with Gasteiger partial charge in [-0.05, 0) is 31.9 Å². The highest BCUT2D eigenvalue weighted by molar-refractivity contribution is 6.35. The largest absolute Gasteiger partial charge is 0.322 e. The van der Waals surface area contributed by atoms with Gasteiger partial charge in [-0.3, -0.25) is 14.3 Å². The molecule has 0 spiro atoms. The molecule has 0 unspecified atom stereocenters. The molecule has 1 aromatic carbocycles. The van der Waals surface area contributed by atoms with E-state index in [0.717, 1.165) is 0 Å². The molecule has 1 fully saturated rings. The number of alkyl halides is 2. The Labute approximate surface area is 149 Å². The lowest BCUT2D eigenvalue weighted by atomic mass is 10.0. The molecular formula is C17H21ClF2N4O. The molecule has 1 atom stereocenters. The van der Waals surface area contributed by atoms with Crippen molar-refractivity contribution < 1.29 is 8.78 Å². The van der Waals surface area contributed by atoms with Gasteiger partial charge in [-0.15, -0.1) is 0 Å². The van der Waals surface area contributed by atoms with Gasteiger partial charge in [-0.1, -0.05) is 17.7 Å². The molecule has 1 saturated heterocycles. The van der Waals surface area contributed by atoms with E-state index in [9.17, 15) is 13.6 Å². The summed E-state index contributed by atoms with van der Waals surface area (Å²) in [5, 5.41) is 0.735. The van der Waals surface area contributed by atoms with Crippen molar-refractivity contribution in [2.24, 2.45) is 5.73 Å². The second kappa shape index (κ2) is 7.35. The van der Waals surface area contributed by atoms with Gasteiger partial charge < -0.3 is 5.73 Å². The molecule has 2 aromatic rings. The molecule has 5 nitrogen and oxygen atoms in total. The summed E-state index contributed by atoms with van der Waals surface area (Å²) in [6.07, 6.45) is -1.14. The zero-order valence-corrected chi connectivity index (χ0v) is 14.7. The first kappa shape index (κ1) is 18.2. The standard InChI is InChI=1S/C17H21ClF2N4O/c1-10(21)16-22-13-4-2-3-12(18)15(13)17(25)24(16)11-5-7-23(8-6-11)9-14(19)20/h2-4,10-11,14H,5-9,21H2,1H3/t10-/m0/s1. The quantitative estimate of drug-likeness (QED) is 0.898. The number of benzene rings is 1. The molecule has 136 valence electrons. The number of aromatic nitrogens is 2. The van der Waals surface area contributed by atoms with E-state index >= 15 is 0 Å². The first-order chi connectivity index (χ1) is 11.9. The van der Waals surface area contributed by atoms with E-state index in [4.69, 9.17) is 17.3 Å². The van der Waals surface area contributed by atoms with Crippen LogP contribution >= 0.6 is 11.6 Å². The lowest BCUT2D eigenvalue weighted by molar-refractivity contribution is 0.0694. The lowest BCUT2D eigenvalue weighted by Crippen LogP contribution is -2.41. The number of nitrogens with two attached hydrogens (primary N) is 1. The number of halogens is 3. The number of hydrogen-bond donors (Lipinski definition) is 1. The number of likely N-dealkylation sites (tertiary alicyclic amines) is 1. The Morgan fingerprint density at radius 1 is 1.36 bits per heavy atom. The third-order valence-corrected chi connectivity index (χ3v) is 4.95. The SMILES string of the molecule is C[C@H](N)c1nc2cccc(Cl)c2c(=O)n1C1CCN(CC(F)F)CC1. The maximum Gasteiger partial charge on any atom is 0.263 e. The van der Waals surface area contributed by atoms with Gasteiger partial charge in [0.05, 0.1) is 28.5 Å². The summed E-state index contributed by atoms with van der Waals surface area (Å²) in [5.41, 5.74) is 6.36.